The molecule has 0 spiro atoms. The number of nitrogens with two attached hydrogens (primary N) is 1. The van der Waals surface area contributed by atoms with Crippen LogP contribution in [0.3, 0.4) is 0 Å². The molecular weight excluding hydrogens is 450 g/mol. The average molecular weight is 473 g/mol. The highest BCUT2D eigenvalue weighted by Gasteiger charge is 2.23. The van der Waals surface area contributed by atoms with E-state index < -0.39 is 5.91 Å². The number of amides is 1. The summed E-state index contributed by atoms with van der Waals surface area (Å²) >= 11 is 0. The molecule has 0 unspecified atom stereocenters. The summed E-state index contributed by atoms with van der Waals surface area (Å²) in [6.07, 6.45) is 2.23. The number of pyridine rings is 1. The van der Waals surface area contributed by atoms with Crippen LogP contribution in [-0.2, 0) is 19.6 Å². The highest BCUT2D eigenvalue weighted by Crippen LogP contribution is 2.31. The van der Waals surface area contributed by atoms with Crippen molar-refractivity contribution in [2.24, 2.45) is 5.73 Å². The molecule has 12 heteroatoms. The van der Waals surface area contributed by atoms with Crippen molar-refractivity contribution in [1.82, 2.24) is 39.7 Å². The summed E-state index contributed by atoms with van der Waals surface area (Å²) in [5.41, 5.74) is 9.57. The number of hydrogen-bond donors (Lipinski definition) is 4. The number of hydrogen-bond acceptors (Lipinski definition) is 8. The first-order valence-electron chi connectivity index (χ1n) is 10.9. The molecule has 0 aliphatic heterocycles. The second-order valence-electron chi connectivity index (χ2n) is 8.18. The standard InChI is InChI=1S/C23H23N9O3/c1-12-9-16-17(10-25-12)32(30-18(16)21(24)35)23-26-22(27-28-23)19-20(34)13(2)29-31(19)8-7-14-3-5-15(11-33)6-4-14/h3-6,9-10,33-34H,7-8,11H2,1-2H3,(H2,24,35)(H,26,27,28). The number of nitrogens with zero attached hydrogens (tertiary/aromatic N) is 7. The highest BCUT2D eigenvalue weighted by molar-refractivity contribution is 6.04. The van der Waals surface area contributed by atoms with Gasteiger partial charge in [0.25, 0.3) is 5.91 Å². The minimum atomic E-state index is -0.669. The second-order valence-corrected chi connectivity index (χ2v) is 8.18. The van der Waals surface area contributed by atoms with E-state index in [4.69, 9.17) is 5.73 Å². The number of H-pyrrole nitrogens is 1. The van der Waals surface area contributed by atoms with Gasteiger partial charge in [-0.3, -0.25) is 14.5 Å². The Balaban J connectivity index is 1.50. The van der Waals surface area contributed by atoms with Crippen molar-refractivity contribution in [2.75, 3.05) is 0 Å². The van der Waals surface area contributed by atoms with E-state index in [1.807, 2.05) is 24.3 Å². The van der Waals surface area contributed by atoms with Crippen LogP contribution in [0.15, 0.2) is 36.5 Å². The Kier molecular flexibility index (Phi) is 5.49. The molecule has 4 aromatic heterocycles. The van der Waals surface area contributed by atoms with Gasteiger partial charge in [0.1, 0.15) is 11.4 Å². The van der Waals surface area contributed by atoms with E-state index >= 15 is 0 Å². The number of aryl methyl sites for hydroxylation is 4. The van der Waals surface area contributed by atoms with Crippen molar-refractivity contribution in [3.05, 3.63) is 64.7 Å². The average Bonchev–Trinajstić information content (AvgIpc) is 3.54. The number of rotatable bonds is 7. The first kappa shape index (κ1) is 22.2. The van der Waals surface area contributed by atoms with Gasteiger partial charge in [-0.05, 0) is 37.5 Å². The smallest absolute Gasteiger partial charge is 0.269 e. The number of aliphatic hydroxyl groups is 1. The molecular formula is C23H23N9O3. The van der Waals surface area contributed by atoms with Crippen molar-refractivity contribution < 1.29 is 15.0 Å². The number of aromatic amines is 1. The Hall–Kier alpha value is -4.58. The number of aromatic hydroxyl groups is 1. The molecule has 1 aromatic carbocycles. The fraction of sp³-hybridized carbons (Fsp3) is 0.217. The Morgan fingerprint density at radius 2 is 1.89 bits per heavy atom. The fourth-order valence-corrected chi connectivity index (χ4v) is 3.92. The maximum Gasteiger partial charge on any atom is 0.269 e. The first-order valence-corrected chi connectivity index (χ1v) is 10.9. The van der Waals surface area contributed by atoms with Crippen LogP contribution in [0.5, 0.6) is 5.75 Å². The van der Waals surface area contributed by atoms with Gasteiger partial charge in [0.15, 0.2) is 11.4 Å². The predicted molar refractivity (Wildman–Crippen MR) is 126 cm³/mol. The molecule has 5 N–H and O–H groups in total. The van der Waals surface area contributed by atoms with E-state index in [0.29, 0.717) is 41.0 Å². The Morgan fingerprint density at radius 1 is 1.14 bits per heavy atom. The van der Waals surface area contributed by atoms with E-state index in [1.54, 1.807) is 30.8 Å². The summed E-state index contributed by atoms with van der Waals surface area (Å²) in [5.74, 6) is -0.241. The van der Waals surface area contributed by atoms with Crippen LogP contribution in [0.1, 0.15) is 33.0 Å². The zero-order valence-corrected chi connectivity index (χ0v) is 19.1. The van der Waals surface area contributed by atoms with Gasteiger partial charge in [-0.2, -0.15) is 25.0 Å². The second kappa shape index (κ2) is 8.65. The van der Waals surface area contributed by atoms with E-state index in [9.17, 15) is 15.0 Å². The lowest BCUT2D eigenvalue weighted by Gasteiger charge is -2.06. The largest absolute Gasteiger partial charge is 0.504 e. The summed E-state index contributed by atoms with van der Waals surface area (Å²) in [4.78, 5) is 20.7. The summed E-state index contributed by atoms with van der Waals surface area (Å²) < 4.78 is 3.06. The van der Waals surface area contributed by atoms with Crippen LogP contribution in [0.25, 0.3) is 28.4 Å². The molecule has 0 saturated carbocycles. The molecule has 0 bridgehead atoms. The Bertz CT molecular complexity index is 1550. The Morgan fingerprint density at radius 3 is 2.60 bits per heavy atom. The normalized spacial score (nSPS) is 11.4. The minimum Gasteiger partial charge on any atom is -0.504 e. The summed E-state index contributed by atoms with van der Waals surface area (Å²) in [5, 5.41) is 36.3. The van der Waals surface area contributed by atoms with Gasteiger partial charge >= 0.3 is 0 Å². The summed E-state index contributed by atoms with van der Waals surface area (Å²) in [6, 6.07) is 9.36. The van der Waals surface area contributed by atoms with Gasteiger partial charge in [-0.25, -0.2) is 5.10 Å². The number of aliphatic hydroxyl groups excluding tert-OH is 1. The van der Waals surface area contributed by atoms with Crippen LogP contribution in [0.4, 0.5) is 0 Å². The summed E-state index contributed by atoms with van der Waals surface area (Å²) in [6.45, 7) is 3.97. The third kappa shape index (κ3) is 3.99. The topological polar surface area (TPSA) is 174 Å². The molecule has 0 aliphatic carbocycles. The minimum absolute atomic E-state index is 0.00798. The van der Waals surface area contributed by atoms with Crippen molar-refractivity contribution in [3.8, 4) is 23.2 Å². The molecule has 12 nitrogen and oxygen atoms in total. The van der Waals surface area contributed by atoms with Gasteiger partial charge < -0.3 is 15.9 Å². The van der Waals surface area contributed by atoms with E-state index in [-0.39, 0.29) is 29.8 Å². The molecule has 5 rings (SSSR count). The number of primary amides is 1. The zero-order chi connectivity index (χ0) is 24.7. The molecule has 5 aromatic rings. The molecule has 4 heterocycles. The van der Waals surface area contributed by atoms with Crippen molar-refractivity contribution in [1.29, 1.82) is 0 Å². The lowest BCUT2D eigenvalue weighted by atomic mass is 10.1. The molecule has 0 radical (unpaired) electrons. The number of benzene rings is 1. The quantitative estimate of drug-likeness (QED) is 0.275. The van der Waals surface area contributed by atoms with Crippen molar-refractivity contribution in [3.63, 3.8) is 0 Å². The molecule has 0 saturated heterocycles. The molecule has 1 amide bonds. The number of aromatic nitrogens is 8. The maximum absolute atomic E-state index is 11.9. The van der Waals surface area contributed by atoms with Crippen LogP contribution >= 0.6 is 0 Å². The van der Waals surface area contributed by atoms with Crippen LogP contribution in [0.2, 0.25) is 0 Å². The van der Waals surface area contributed by atoms with Crippen molar-refractivity contribution >= 4 is 16.8 Å². The lowest BCUT2D eigenvalue weighted by Crippen LogP contribution is -2.12. The molecule has 0 atom stereocenters. The SMILES string of the molecule is Cc1cc2c(C(N)=O)nn(-c3nc(-c4c(O)c(C)nn4CCc4ccc(CO)cc4)n[nH]3)c2cn1. The molecule has 35 heavy (non-hydrogen) atoms. The first-order chi connectivity index (χ1) is 16.9. The van der Waals surface area contributed by atoms with Gasteiger partial charge in [0, 0.05) is 17.6 Å². The van der Waals surface area contributed by atoms with Crippen LogP contribution in [-0.4, -0.2) is 55.8 Å². The monoisotopic (exact) mass is 473 g/mol. The van der Waals surface area contributed by atoms with Gasteiger partial charge in [-0.15, -0.1) is 0 Å². The molecule has 178 valence electrons. The highest BCUT2D eigenvalue weighted by atomic mass is 16.3. The fourth-order valence-electron chi connectivity index (χ4n) is 3.92. The van der Waals surface area contributed by atoms with E-state index in [1.165, 1.54) is 4.68 Å². The number of fused-ring (bicyclic) bond motifs is 1. The van der Waals surface area contributed by atoms with Crippen molar-refractivity contribution in [2.45, 2.75) is 33.4 Å². The van der Waals surface area contributed by atoms with Crippen LogP contribution < -0.4 is 5.73 Å². The Labute approximate surface area is 199 Å². The predicted octanol–water partition coefficient (Wildman–Crippen LogP) is 1.56. The van der Waals surface area contributed by atoms with Gasteiger partial charge in [0.05, 0.1) is 18.3 Å². The molecule has 0 aliphatic rings. The van der Waals surface area contributed by atoms with E-state index in [0.717, 1.165) is 11.1 Å². The van der Waals surface area contributed by atoms with Crippen LogP contribution in [0, 0.1) is 13.8 Å². The number of nitrogens with one attached hydrogen (secondary N) is 1. The lowest BCUT2D eigenvalue weighted by molar-refractivity contribution is 0.0996. The third-order valence-corrected chi connectivity index (χ3v) is 5.74. The third-order valence-electron chi connectivity index (χ3n) is 5.74. The molecule has 0 fully saturated rings. The number of carbonyl (C=O) groups excluding carboxylic acids is 1. The summed E-state index contributed by atoms with van der Waals surface area (Å²) in [7, 11) is 0. The zero-order valence-electron chi connectivity index (χ0n) is 19.1. The van der Waals surface area contributed by atoms with Gasteiger partial charge in [-0.1, -0.05) is 24.3 Å². The number of carbonyl (C=O) groups is 1. The van der Waals surface area contributed by atoms with Gasteiger partial charge in [0.2, 0.25) is 11.8 Å². The maximum atomic E-state index is 11.9. The van der Waals surface area contributed by atoms with E-state index in [2.05, 4.69) is 30.4 Å².